The third-order valence-corrected chi connectivity index (χ3v) is 9.06. The molecule has 0 bridgehead atoms. The van der Waals surface area contributed by atoms with Gasteiger partial charge in [0.2, 0.25) is 0 Å². The van der Waals surface area contributed by atoms with E-state index in [1.807, 2.05) is 0 Å². The van der Waals surface area contributed by atoms with Crippen LogP contribution >= 0.6 is 0 Å². The Hall–Kier alpha value is -2.41. The van der Waals surface area contributed by atoms with Gasteiger partial charge >= 0.3 is 0 Å². The standard InChI is InChI=1S/C38H51F/c1-2-3-4-7-10-31-14-22-35(23-15-31)37-26-18-33(19-27-37)12-13-34-20-28-38(29-21-34)36-24-16-32(17-25-36)11-8-5-6-9-30-39/h16-21,24-29,31,35H,2-15,22-23,30H2,1H3. The molecular formula is C38H51F. The van der Waals surface area contributed by atoms with Gasteiger partial charge in [-0.05, 0) is 103 Å². The smallest absolute Gasteiger partial charge is 0.0894 e. The molecule has 3 aromatic rings. The zero-order valence-electron chi connectivity index (χ0n) is 24.5. The molecule has 0 saturated heterocycles. The van der Waals surface area contributed by atoms with E-state index in [-0.39, 0.29) is 6.67 Å². The van der Waals surface area contributed by atoms with E-state index in [0.29, 0.717) is 6.42 Å². The summed E-state index contributed by atoms with van der Waals surface area (Å²) >= 11 is 0. The lowest BCUT2D eigenvalue weighted by atomic mass is 9.77. The van der Waals surface area contributed by atoms with Gasteiger partial charge in [-0.3, -0.25) is 4.39 Å². The number of halogens is 1. The van der Waals surface area contributed by atoms with Crippen LogP contribution in [0.4, 0.5) is 4.39 Å². The first-order valence-electron chi connectivity index (χ1n) is 16.1. The summed E-state index contributed by atoms with van der Waals surface area (Å²) in [4.78, 5) is 0. The maximum Gasteiger partial charge on any atom is 0.0894 e. The summed E-state index contributed by atoms with van der Waals surface area (Å²) in [6.07, 6.45) is 20.0. The molecule has 0 nitrogen and oxygen atoms in total. The third-order valence-electron chi connectivity index (χ3n) is 9.06. The minimum atomic E-state index is -0.180. The molecule has 1 aliphatic rings. The number of aryl methyl sites for hydroxylation is 3. The van der Waals surface area contributed by atoms with Crippen molar-refractivity contribution in [2.75, 3.05) is 6.67 Å². The molecule has 0 spiro atoms. The SMILES string of the molecule is CCCCCCC1CCC(c2ccc(CCc3ccc(-c4ccc(CCCCCCF)cc4)cc3)cc2)CC1. The molecule has 0 N–H and O–H groups in total. The Morgan fingerprint density at radius 1 is 0.538 bits per heavy atom. The maximum absolute atomic E-state index is 12.2. The molecule has 1 fully saturated rings. The van der Waals surface area contributed by atoms with Crippen LogP contribution in [0.5, 0.6) is 0 Å². The van der Waals surface area contributed by atoms with E-state index < -0.39 is 0 Å². The topological polar surface area (TPSA) is 0 Å². The third kappa shape index (κ3) is 9.93. The lowest BCUT2D eigenvalue weighted by Gasteiger charge is -2.29. The van der Waals surface area contributed by atoms with Crippen molar-refractivity contribution in [1.29, 1.82) is 0 Å². The molecule has 1 aliphatic carbocycles. The first kappa shape index (κ1) is 29.6. The Labute approximate surface area is 238 Å². The quantitative estimate of drug-likeness (QED) is 0.163. The molecule has 39 heavy (non-hydrogen) atoms. The molecule has 0 aliphatic heterocycles. The second-order valence-corrected chi connectivity index (χ2v) is 12.1. The lowest BCUT2D eigenvalue weighted by molar-refractivity contribution is 0.302. The van der Waals surface area contributed by atoms with E-state index in [9.17, 15) is 4.39 Å². The van der Waals surface area contributed by atoms with Crippen molar-refractivity contribution < 1.29 is 4.39 Å². The van der Waals surface area contributed by atoms with Gasteiger partial charge in [0.05, 0.1) is 6.67 Å². The van der Waals surface area contributed by atoms with E-state index in [1.54, 1.807) is 5.56 Å². The highest BCUT2D eigenvalue weighted by Crippen LogP contribution is 2.38. The molecule has 0 radical (unpaired) electrons. The minimum Gasteiger partial charge on any atom is -0.251 e. The summed E-state index contributed by atoms with van der Waals surface area (Å²) in [5, 5.41) is 0. The molecular weight excluding hydrogens is 475 g/mol. The summed E-state index contributed by atoms with van der Waals surface area (Å²) < 4.78 is 12.2. The summed E-state index contributed by atoms with van der Waals surface area (Å²) in [6.45, 7) is 2.12. The zero-order valence-corrected chi connectivity index (χ0v) is 24.5. The molecule has 4 rings (SSSR count). The van der Waals surface area contributed by atoms with Gasteiger partial charge in [-0.25, -0.2) is 0 Å². The van der Waals surface area contributed by atoms with E-state index >= 15 is 0 Å². The molecule has 0 aromatic heterocycles. The van der Waals surface area contributed by atoms with Crippen LogP contribution in [0.2, 0.25) is 0 Å². The average Bonchev–Trinajstić information content (AvgIpc) is 2.99. The first-order chi connectivity index (χ1) is 19.2. The highest BCUT2D eigenvalue weighted by Gasteiger charge is 2.22. The highest BCUT2D eigenvalue weighted by atomic mass is 19.1. The van der Waals surface area contributed by atoms with Crippen LogP contribution in [0.1, 0.15) is 119 Å². The summed E-state index contributed by atoms with van der Waals surface area (Å²) in [5.74, 6) is 1.76. The molecule has 1 heteroatoms. The molecule has 0 unspecified atom stereocenters. The molecule has 0 heterocycles. The van der Waals surface area contributed by atoms with Crippen molar-refractivity contribution in [3.05, 3.63) is 95.1 Å². The van der Waals surface area contributed by atoms with Gasteiger partial charge in [0.1, 0.15) is 0 Å². The second-order valence-electron chi connectivity index (χ2n) is 12.1. The molecule has 210 valence electrons. The number of rotatable bonds is 16. The monoisotopic (exact) mass is 526 g/mol. The van der Waals surface area contributed by atoms with E-state index in [1.165, 1.54) is 85.6 Å². The average molecular weight is 527 g/mol. The van der Waals surface area contributed by atoms with Crippen LogP contribution < -0.4 is 0 Å². The van der Waals surface area contributed by atoms with Crippen LogP contribution in [0.15, 0.2) is 72.8 Å². The predicted molar refractivity (Wildman–Crippen MR) is 167 cm³/mol. The van der Waals surface area contributed by atoms with Crippen LogP contribution in [0.3, 0.4) is 0 Å². The van der Waals surface area contributed by atoms with E-state index in [4.69, 9.17) is 0 Å². The van der Waals surface area contributed by atoms with Crippen molar-refractivity contribution in [3.8, 4) is 11.1 Å². The Bertz CT molecular complexity index is 1040. The van der Waals surface area contributed by atoms with Crippen LogP contribution in [0.25, 0.3) is 11.1 Å². The zero-order chi connectivity index (χ0) is 27.1. The van der Waals surface area contributed by atoms with Crippen LogP contribution in [0, 0.1) is 5.92 Å². The fourth-order valence-corrected chi connectivity index (χ4v) is 6.39. The summed E-state index contributed by atoms with van der Waals surface area (Å²) in [7, 11) is 0. The summed E-state index contributed by atoms with van der Waals surface area (Å²) in [6, 6.07) is 27.7. The largest absolute Gasteiger partial charge is 0.251 e. The highest BCUT2D eigenvalue weighted by molar-refractivity contribution is 5.64. The minimum absolute atomic E-state index is 0.180. The first-order valence-corrected chi connectivity index (χ1v) is 16.1. The van der Waals surface area contributed by atoms with Crippen molar-refractivity contribution in [2.24, 2.45) is 5.92 Å². The molecule has 0 atom stereocenters. The Morgan fingerprint density at radius 2 is 1.05 bits per heavy atom. The predicted octanol–water partition coefficient (Wildman–Crippen LogP) is 11.5. The molecule has 1 saturated carbocycles. The van der Waals surface area contributed by atoms with Crippen molar-refractivity contribution in [3.63, 3.8) is 0 Å². The van der Waals surface area contributed by atoms with Crippen molar-refractivity contribution in [2.45, 2.75) is 116 Å². The fourth-order valence-electron chi connectivity index (χ4n) is 6.39. The van der Waals surface area contributed by atoms with Gasteiger partial charge in [0.25, 0.3) is 0 Å². The Morgan fingerprint density at radius 3 is 1.62 bits per heavy atom. The Balaban J connectivity index is 1.18. The summed E-state index contributed by atoms with van der Waals surface area (Å²) in [5.41, 5.74) is 8.37. The van der Waals surface area contributed by atoms with Gasteiger partial charge < -0.3 is 0 Å². The van der Waals surface area contributed by atoms with Gasteiger partial charge in [-0.15, -0.1) is 0 Å². The second kappa shape index (κ2) is 16.6. The number of benzene rings is 3. The normalized spacial score (nSPS) is 17.4. The van der Waals surface area contributed by atoms with E-state index in [2.05, 4.69) is 79.7 Å². The van der Waals surface area contributed by atoms with Gasteiger partial charge in [0, 0.05) is 0 Å². The molecule has 0 amide bonds. The van der Waals surface area contributed by atoms with Crippen molar-refractivity contribution >= 4 is 0 Å². The lowest BCUT2D eigenvalue weighted by Crippen LogP contribution is -2.13. The number of hydrogen-bond donors (Lipinski definition) is 0. The number of alkyl halides is 1. The van der Waals surface area contributed by atoms with Crippen LogP contribution in [-0.2, 0) is 19.3 Å². The van der Waals surface area contributed by atoms with Gasteiger partial charge in [-0.2, -0.15) is 0 Å². The molecule has 3 aromatic carbocycles. The van der Waals surface area contributed by atoms with E-state index in [0.717, 1.165) is 50.4 Å². The van der Waals surface area contributed by atoms with Crippen LogP contribution in [-0.4, -0.2) is 6.67 Å². The van der Waals surface area contributed by atoms with Gasteiger partial charge in [-0.1, -0.05) is 125 Å². The maximum atomic E-state index is 12.2. The fraction of sp³-hybridized carbons (Fsp3) is 0.526. The van der Waals surface area contributed by atoms with Crippen molar-refractivity contribution in [1.82, 2.24) is 0 Å². The number of unbranched alkanes of at least 4 members (excludes halogenated alkanes) is 6. The number of hydrogen-bond acceptors (Lipinski definition) is 0. The van der Waals surface area contributed by atoms with Gasteiger partial charge in [0.15, 0.2) is 0 Å². The Kier molecular flexibility index (Phi) is 12.6.